The number of anilines is 2. The number of nitrogens with two attached hydrogens (primary N) is 1. The van der Waals surface area contributed by atoms with E-state index in [2.05, 4.69) is 15.1 Å². The van der Waals surface area contributed by atoms with E-state index in [4.69, 9.17) is 17.4 Å². The lowest BCUT2D eigenvalue weighted by Crippen LogP contribution is -2.15. The third-order valence-electron chi connectivity index (χ3n) is 2.36. The number of rotatable bonds is 4. The summed E-state index contributed by atoms with van der Waals surface area (Å²) in [6.07, 6.45) is 1.29. The van der Waals surface area contributed by atoms with E-state index in [1.807, 2.05) is 0 Å². The van der Waals surface area contributed by atoms with Crippen LogP contribution in [0.2, 0.25) is 5.02 Å². The predicted octanol–water partition coefficient (Wildman–Crippen LogP) is 1.96. The summed E-state index contributed by atoms with van der Waals surface area (Å²) >= 11 is 5.59. The number of nitrogens with one attached hydrogen (secondary N) is 2. The Labute approximate surface area is 119 Å². The number of hydrazine groups is 1. The van der Waals surface area contributed by atoms with Gasteiger partial charge in [-0.05, 0) is 24.3 Å². The van der Waals surface area contributed by atoms with Crippen LogP contribution in [0.5, 0.6) is 0 Å². The zero-order valence-corrected chi connectivity index (χ0v) is 11.5. The third kappa shape index (κ3) is 3.16. The topological polar surface area (TPSA) is 97.1 Å². The van der Waals surface area contributed by atoms with E-state index in [0.717, 1.165) is 6.07 Å². The number of benzene rings is 1. The van der Waals surface area contributed by atoms with Crippen molar-refractivity contribution in [2.45, 2.75) is 4.90 Å². The molecular formula is C11H10ClFN4O2S. The minimum Gasteiger partial charge on any atom is -0.308 e. The van der Waals surface area contributed by atoms with Crippen molar-refractivity contribution >= 4 is 33.1 Å². The first kappa shape index (κ1) is 14.5. The molecule has 0 aliphatic rings. The zero-order chi connectivity index (χ0) is 14.8. The number of pyridine rings is 1. The molecule has 0 amide bonds. The van der Waals surface area contributed by atoms with Crippen molar-refractivity contribution in [1.29, 1.82) is 0 Å². The van der Waals surface area contributed by atoms with Crippen LogP contribution < -0.4 is 16.0 Å². The van der Waals surface area contributed by atoms with Crippen LogP contribution >= 0.6 is 11.6 Å². The van der Waals surface area contributed by atoms with Crippen molar-refractivity contribution in [3.8, 4) is 0 Å². The minimum absolute atomic E-state index is 0.0408. The van der Waals surface area contributed by atoms with Crippen molar-refractivity contribution < 1.29 is 12.8 Å². The lowest BCUT2D eigenvalue weighted by molar-refractivity contribution is 0.601. The molecule has 0 aliphatic heterocycles. The van der Waals surface area contributed by atoms with E-state index in [9.17, 15) is 12.8 Å². The van der Waals surface area contributed by atoms with Gasteiger partial charge in [0.1, 0.15) is 11.6 Å². The third-order valence-corrected chi connectivity index (χ3v) is 4.03. The standard InChI is InChI=1S/C11H10ClFN4O2S/c12-9-5-7(1-2-10(9)13)17-20(18,19)8-3-4-15-11(6-8)16-14/h1-6,17H,14H2,(H,15,16). The van der Waals surface area contributed by atoms with Crippen LogP contribution in [0, 0.1) is 5.82 Å². The van der Waals surface area contributed by atoms with Crippen molar-refractivity contribution in [3.05, 3.63) is 47.4 Å². The average molecular weight is 317 g/mol. The van der Waals surface area contributed by atoms with Gasteiger partial charge in [0.2, 0.25) is 0 Å². The maximum atomic E-state index is 13.0. The highest BCUT2D eigenvalue weighted by atomic mass is 35.5. The van der Waals surface area contributed by atoms with Crippen molar-refractivity contribution in [2.24, 2.45) is 5.84 Å². The second kappa shape index (κ2) is 5.61. The van der Waals surface area contributed by atoms with Gasteiger partial charge in [-0.15, -0.1) is 0 Å². The molecule has 0 saturated carbocycles. The molecule has 1 heterocycles. The normalized spacial score (nSPS) is 11.2. The Balaban J connectivity index is 2.32. The molecule has 2 aromatic rings. The van der Waals surface area contributed by atoms with Gasteiger partial charge in [-0.1, -0.05) is 11.6 Å². The summed E-state index contributed by atoms with van der Waals surface area (Å²) in [4.78, 5) is 3.76. The number of nitrogen functional groups attached to an aromatic ring is 1. The molecule has 0 spiro atoms. The quantitative estimate of drug-likeness (QED) is 0.592. The van der Waals surface area contributed by atoms with Crippen molar-refractivity contribution in [1.82, 2.24) is 4.98 Å². The van der Waals surface area contributed by atoms with Gasteiger partial charge in [-0.25, -0.2) is 23.6 Å². The Kier molecular flexibility index (Phi) is 4.07. The zero-order valence-electron chi connectivity index (χ0n) is 9.97. The summed E-state index contributed by atoms with van der Waals surface area (Å²) in [5.41, 5.74) is 2.39. The van der Waals surface area contributed by atoms with Gasteiger partial charge in [0.05, 0.1) is 15.6 Å². The Morgan fingerprint density at radius 1 is 1.25 bits per heavy atom. The van der Waals surface area contributed by atoms with Gasteiger partial charge in [0, 0.05) is 12.3 Å². The van der Waals surface area contributed by atoms with Gasteiger partial charge in [0.25, 0.3) is 10.0 Å². The summed E-state index contributed by atoms with van der Waals surface area (Å²) in [5, 5.41) is -0.177. The number of nitrogens with zero attached hydrogens (tertiary/aromatic N) is 1. The number of sulfonamides is 1. The SMILES string of the molecule is NNc1cc(S(=O)(=O)Nc2ccc(F)c(Cl)c2)ccn1. The average Bonchev–Trinajstić information content (AvgIpc) is 2.43. The Hall–Kier alpha value is -1.90. The fourth-order valence-electron chi connectivity index (χ4n) is 1.43. The molecule has 0 fully saturated rings. The highest BCUT2D eigenvalue weighted by Gasteiger charge is 2.15. The van der Waals surface area contributed by atoms with Gasteiger partial charge in [-0.3, -0.25) is 4.72 Å². The number of hydrogen-bond acceptors (Lipinski definition) is 5. The number of hydrogen-bond donors (Lipinski definition) is 3. The Bertz CT molecular complexity index is 739. The van der Waals surface area contributed by atoms with E-state index in [-0.39, 0.29) is 21.4 Å². The maximum absolute atomic E-state index is 13.0. The van der Waals surface area contributed by atoms with Crippen LogP contribution in [0.15, 0.2) is 41.4 Å². The van der Waals surface area contributed by atoms with Gasteiger partial charge in [-0.2, -0.15) is 0 Å². The van der Waals surface area contributed by atoms with Crippen molar-refractivity contribution in [2.75, 3.05) is 10.1 Å². The van der Waals surface area contributed by atoms with Gasteiger partial charge < -0.3 is 5.43 Å². The summed E-state index contributed by atoms with van der Waals surface area (Å²) in [5.74, 6) is 4.73. The number of aromatic nitrogens is 1. The first-order valence-electron chi connectivity index (χ1n) is 5.33. The van der Waals surface area contributed by atoms with Crippen LogP contribution in [0.3, 0.4) is 0 Å². The molecule has 1 aromatic heterocycles. The lowest BCUT2D eigenvalue weighted by Gasteiger charge is -2.09. The first-order chi connectivity index (χ1) is 9.42. The fraction of sp³-hybridized carbons (Fsp3) is 0. The molecule has 9 heteroatoms. The van der Waals surface area contributed by atoms with E-state index >= 15 is 0 Å². The van der Waals surface area contributed by atoms with Crippen LogP contribution in [0.25, 0.3) is 0 Å². The van der Waals surface area contributed by atoms with Gasteiger partial charge in [0.15, 0.2) is 0 Å². The highest BCUT2D eigenvalue weighted by molar-refractivity contribution is 7.92. The van der Waals surface area contributed by atoms with Crippen LogP contribution in [0.1, 0.15) is 0 Å². The summed E-state index contributed by atoms with van der Waals surface area (Å²) in [7, 11) is -3.84. The molecule has 1 aromatic carbocycles. The lowest BCUT2D eigenvalue weighted by atomic mass is 10.3. The smallest absolute Gasteiger partial charge is 0.262 e. The molecule has 4 N–H and O–H groups in total. The molecule has 6 nitrogen and oxygen atoms in total. The molecule has 106 valence electrons. The van der Waals surface area contributed by atoms with E-state index in [0.29, 0.717) is 0 Å². The van der Waals surface area contributed by atoms with Crippen LogP contribution in [-0.2, 0) is 10.0 Å². The number of halogens is 2. The summed E-state index contributed by atoms with van der Waals surface area (Å²) in [6, 6.07) is 6.07. The Morgan fingerprint density at radius 2 is 2.00 bits per heavy atom. The fourth-order valence-corrected chi connectivity index (χ4v) is 2.67. The molecule has 20 heavy (non-hydrogen) atoms. The molecule has 0 unspecified atom stereocenters. The minimum atomic E-state index is -3.84. The first-order valence-corrected chi connectivity index (χ1v) is 7.19. The molecule has 0 radical (unpaired) electrons. The van der Waals surface area contributed by atoms with E-state index in [1.54, 1.807) is 0 Å². The van der Waals surface area contributed by atoms with Crippen LogP contribution in [0.4, 0.5) is 15.9 Å². The van der Waals surface area contributed by atoms with Crippen LogP contribution in [-0.4, -0.2) is 13.4 Å². The second-order valence-corrected chi connectivity index (χ2v) is 5.85. The second-order valence-electron chi connectivity index (χ2n) is 3.76. The summed E-state index contributed by atoms with van der Waals surface area (Å²) in [6.45, 7) is 0. The van der Waals surface area contributed by atoms with E-state index in [1.165, 1.54) is 30.5 Å². The summed E-state index contributed by atoms with van der Waals surface area (Å²) < 4.78 is 39.5. The largest absolute Gasteiger partial charge is 0.308 e. The molecule has 0 atom stereocenters. The van der Waals surface area contributed by atoms with Gasteiger partial charge >= 0.3 is 0 Å². The molecular weight excluding hydrogens is 307 g/mol. The van der Waals surface area contributed by atoms with E-state index < -0.39 is 15.8 Å². The maximum Gasteiger partial charge on any atom is 0.262 e. The Morgan fingerprint density at radius 3 is 2.65 bits per heavy atom. The molecule has 2 rings (SSSR count). The molecule has 0 aliphatic carbocycles. The molecule has 0 bridgehead atoms. The predicted molar refractivity (Wildman–Crippen MR) is 74.3 cm³/mol. The highest BCUT2D eigenvalue weighted by Crippen LogP contribution is 2.22. The van der Waals surface area contributed by atoms with Crippen molar-refractivity contribution in [3.63, 3.8) is 0 Å². The molecule has 0 saturated heterocycles. The monoisotopic (exact) mass is 316 g/mol.